The molecule has 31 heavy (non-hydrogen) atoms. The predicted octanol–water partition coefficient (Wildman–Crippen LogP) is 3.53. The Morgan fingerprint density at radius 1 is 1.10 bits per heavy atom. The summed E-state index contributed by atoms with van der Waals surface area (Å²) in [6.45, 7) is 9.79. The fourth-order valence-electron chi connectivity index (χ4n) is 3.72. The zero-order valence-electron chi connectivity index (χ0n) is 18.3. The monoisotopic (exact) mass is 420 g/mol. The van der Waals surface area contributed by atoms with Crippen LogP contribution in [0.5, 0.6) is 5.75 Å². The third-order valence-electron chi connectivity index (χ3n) is 5.67. The molecule has 7 heteroatoms. The maximum Gasteiger partial charge on any atom is 0.276 e. The molecule has 0 saturated carbocycles. The van der Waals surface area contributed by atoms with Crippen LogP contribution < -0.4 is 4.74 Å². The number of hydrogen-bond donors (Lipinski definition) is 0. The highest BCUT2D eigenvalue weighted by atomic mass is 16.5. The van der Waals surface area contributed by atoms with Gasteiger partial charge in [-0.15, -0.1) is 0 Å². The number of ether oxygens (including phenoxy) is 1. The molecule has 0 N–H and O–H groups in total. The number of carbonyl (C=O) groups excluding carboxylic acids is 1. The van der Waals surface area contributed by atoms with E-state index in [0.29, 0.717) is 30.1 Å². The second kappa shape index (κ2) is 9.31. The van der Waals surface area contributed by atoms with Gasteiger partial charge in [-0.05, 0) is 50.1 Å². The van der Waals surface area contributed by atoms with E-state index in [9.17, 15) is 4.79 Å². The third kappa shape index (κ3) is 4.94. The molecule has 162 valence electrons. The fourth-order valence-corrected chi connectivity index (χ4v) is 3.72. The van der Waals surface area contributed by atoms with E-state index in [4.69, 9.17) is 9.26 Å². The van der Waals surface area contributed by atoms with Gasteiger partial charge in [0.25, 0.3) is 5.91 Å². The summed E-state index contributed by atoms with van der Waals surface area (Å²) in [6, 6.07) is 12.0. The van der Waals surface area contributed by atoms with Crippen LogP contribution in [0.3, 0.4) is 0 Å². The Labute approximate surface area is 182 Å². The fraction of sp³-hybridized carbons (Fsp3) is 0.375. The number of hydrogen-bond acceptors (Lipinski definition) is 6. The quantitative estimate of drug-likeness (QED) is 0.608. The van der Waals surface area contributed by atoms with Gasteiger partial charge in [0.1, 0.15) is 18.1 Å². The lowest BCUT2D eigenvalue weighted by atomic mass is 10.1. The number of piperazine rings is 1. The number of benzene rings is 1. The van der Waals surface area contributed by atoms with Crippen molar-refractivity contribution in [1.82, 2.24) is 19.9 Å². The van der Waals surface area contributed by atoms with Crippen molar-refractivity contribution in [1.29, 1.82) is 0 Å². The first kappa shape index (κ1) is 21.1. The van der Waals surface area contributed by atoms with E-state index in [2.05, 4.69) is 21.1 Å². The molecule has 1 aliphatic heterocycles. The van der Waals surface area contributed by atoms with Crippen LogP contribution in [0.1, 0.15) is 38.6 Å². The summed E-state index contributed by atoms with van der Waals surface area (Å²) < 4.78 is 11.4. The molecule has 4 rings (SSSR count). The van der Waals surface area contributed by atoms with Gasteiger partial charge in [0.05, 0.1) is 11.3 Å². The van der Waals surface area contributed by atoms with Gasteiger partial charge in [0.15, 0.2) is 5.69 Å². The number of pyridine rings is 1. The molecule has 1 aliphatic rings. The van der Waals surface area contributed by atoms with Crippen molar-refractivity contribution in [2.24, 2.45) is 0 Å². The van der Waals surface area contributed by atoms with E-state index < -0.39 is 0 Å². The van der Waals surface area contributed by atoms with Crippen LogP contribution in [-0.4, -0.2) is 52.0 Å². The van der Waals surface area contributed by atoms with Gasteiger partial charge in [-0.25, -0.2) is 0 Å². The number of rotatable bonds is 6. The van der Waals surface area contributed by atoms with Crippen molar-refractivity contribution >= 4 is 5.91 Å². The number of carbonyl (C=O) groups is 1. The number of aryl methyl sites for hydroxylation is 3. The summed E-state index contributed by atoms with van der Waals surface area (Å²) in [5.41, 5.74) is 4.28. The zero-order valence-corrected chi connectivity index (χ0v) is 18.3. The maximum atomic E-state index is 13.1. The molecule has 1 amide bonds. The molecule has 7 nitrogen and oxygen atoms in total. The van der Waals surface area contributed by atoms with Gasteiger partial charge >= 0.3 is 0 Å². The van der Waals surface area contributed by atoms with E-state index in [-0.39, 0.29) is 12.5 Å². The van der Waals surface area contributed by atoms with Gasteiger partial charge in [-0.3, -0.25) is 14.7 Å². The lowest BCUT2D eigenvalue weighted by Crippen LogP contribution is -2.48. The first-order valence-corrected chi connectivity index (χ1v) is 10.6. The molecular weight excluding hydrogens is 392 g/mol. The second-order valence-electron chi connectivity index (χ2n) is 8.01. The maximum absolute atomic E-state index is 13.1. The Bertz CT molecular complexity index is 1040. The number of nitrogens with zero attached hydrogens (tertiary/aromatic N) is 4. The van der Waals surface area contributed by atoms with E-state index in [1.807, 2.05) is 62.2 Å². The first-order valence-electron chi connectivity index (χ1n) is 10.6. The van der Waals surface area contributed by atoms with Crippen molar-refractivity contribution < 1.29 is 14.1 Å². The SMILES string of the molecule is Cc1ccc(C)c(OCc2c(C(=O)N3CCN(Cc4ccccn4)CC3)noc2C)c1. The van der Waals surface area contributed by atoms with Gasteiger partial charge in [-0.1, -0.05) is 23.4 Å². The predicted molar refractivity (Wildman–Crippen MR) is 117 cm³/mol. The number of aromatic nitrogens is 2. The summed E-state index contributed by atoms with van der Waals surface area (Å²) in [5.74, 6) is 1.32. The van der Waals surface area contributed by atoms with Crippen molar-refractivity contribution in [2.75, 3.05) is 26.2 Å². The average molecular weight is 421 g/mol. The summed E-state index contributed by atoms with van der Waals surface area (Å²) in [6.07, 6.45) is 1.81. The third-order valence-corrected chi connectivity index (χ3v) is 5.67. The molecular formula is C24H28N4O3. The molecule has 0 atom stereocenters. The lowest BCUT2D eigenvalue weighted by molar-refractivity contribution is 0.0615. The Hall–Kier alpha value is -3.19. The topological polar surface area (TPSA) is 71.7 Å². The molecule has 0 aliphatic carbocycles. The minimum atomic E-state index is -0.103. The molecule has 1 saturated heterocycles. The van der Waals surface area contributed by atoms with E-state index in [0.717, 1.165) is 42.2 Å². The molecule has 0 spiro atoms. The summed E-state index contributed by atoms with van der Waals surface area (Å²) >= 11 is 0. The zero-order chi connectivity index (χ0) is 21.8. The molecule has 3 heterocycles. The minimum Gasteiger partial charge on any atom is -0.488 e. The molecule has 0 bridgehead atoms. The lowest BCUT2D eigenvalue weighted by Gasteiger charge is -2.34. The Morgan fingerprint density at radius 3 is 2.65 bits per heavy atom. The van der Waals surface area contributed by atoms with E-state index in [1.54, 1.807) is 0 Å². The van der Waals surface area contributed by atoms with Crippen LogP contribution in [-0.2, 0) is 13.2 Å². The van der Waals surface area contributed by atoms with Gasteiger partial charge in [-0.2, -0.15) is 0 Å². The van der Waals surface area contributed by atoms with Crippen LogP contribution in [0.2, 0.25) is 0 Å². The largest absolute Gasteiger partial charge is 0.488 e. The molecule has 3 aromatic rings. The van der Waals surface area contributed by atoms with Crippen LogP contribution in [0.4, 0.5) is 0 Å². The molecule has 1 aromatic carbocycles. The van der Waals surface area contributed by atoms with Crippen LogP contribution in [0.15, 0.2) is 47.1 Å². The van der Waals surface area contributed by atoms with Crippen molar-refractivity contribution in [2.45, 2.75) is 33.9 Å². The Kier molecular flexibility index (Phi) is 6.32. The van der Waals surface area contributed by atoms with E-state index in [1.165, 1.54) is 0 Å². The second-order valence-corrected chi connectivity index (χ2v) is 8.01. The van der Waals surface area contributed by atoms with Crippen LogP contribution >= 0.6 is 0 Å². The smallest absolute Gasteiger partial charge is 0.276 e. The molecule has 2 aromatic heterocycles. The summed E-state index contributed by atoms with van der Waals surface area (Å²) in [7, 11) is 0. The highest BCUT2D eigenvalue weighted by Gasteiger charge is 2.28. The van der Waals surface area contributed by atoms with Crippen LogP contribution in [0.25, 0.3) is 0 Å². The Balaban J connectivity index is 1.39. The highest BCUT2D eigenvalue weighted by molar-refractivity contribution is 5.93. The van der Waals surface area contributed by atoms with Crippen LogP contribution in [0, 0.1) is 20.8 Å². The number of amides is 1. The van der Waals surface area contributed by atoms with E-state index >= 15 is 0 Å². The van der Waals surface area contributed by atoms with Crippen molar-refractivity contribution in [3.63, 3.8) is 0 Å². The normalized spacial score (nSPS) is 14.6. The molecule has 0 radical (unpaired) electrons. The summed E-state index contributed by atoms with van der Waals surface area (Å²) in [4.78, 5) is 21.7. The average Bonchev–Trinajstić information content (AvgIpc) is 3.15. The standard InChI is InChI=1S/C24H28N4O3/c1-17-7-8-18(2)22(14-17)30-16-21-19(3)31-26-23(21)24(29)28-12-10-27(11-13-28)15-20-6-4-5-9-25-20/h4-9,14H,10-13,15-16H2,1-3H3. The Morgan fingerprint density at radius 2 is 1.90 bits per heavy atom. The van der Waals surface area contributed by atoms with Gasteiger partial charge in [0.2, 0.25) is 0 Å². The van der Waals surface area contributed by atoms with Gasteiger partial charge < -0.3 is 14.2 Å². The minimum absolute atomic E-state index is 0.103. The molecule has 1 fully saturated rings. The first-order chi connectivity index (χ1) is 15.0. The molecule has 0 unspecified atom stereocenters. The summed E-state index contributed by atoms with van der Waals surface area (Å²) in [5, 5.41) is 4.06. The van der Waals surface area contributed by atoms with Crippen molar-refractivity contribution in [3.05, 3.63) is 76.4 Å². The van der Waals surface area contributed by atoms with Gasteiger partial charge in [0, 0.05) is 38.9 Å². The highest BCUT2D eigenvalue weighted by Crippen LogP contribution is 2.23. The van der Waals surface area contributed by atoms with Crippen molar-refractivity contribution in [3.8, 4) is 5.75 Å².